The van der Waals surface area contributed by atoms with Gasteiger partial charge >= 0.3 is 0 Å². The van der Waals surface area contributed by atoms with Crippen molar-refractivity contribution in [2.24, 2.45) is 0 Å². The maximum Gasteiger partial charge on any atom is -0.0121 e. The molecule has 1 unspecified atom stereocenters. The molecule has 0 spiro atoms. The summed E-state index contributed by atoms with van der Waals surface area (Å²) in [6.07, 6.45) is 2.34. The Morgan fingerprint density at radius 1 is 0.882 bits per heavy atom. The minimum absolute atomic E-state index is 0.638. The molecule has 0 radical (unpaired) electrons. The predicted octanol–water partition coefficient (Wildman–Crippen LogP) is 4.73. The van der Waals surface area contributed by atoms with Crippen LogP contribution in [0, 0.1) is 6.92 Å². The number of hydrogen-bond donors (Lipinski definition) is 0. The molecule has 0 nitrogen and oxygen atoms in total. The number of hydrogen-bond acceptors (Lipinski definition) is 0. The topological polar surface area (TPSA) is 0 Å². The van der Waals surface area contributed by atoms with Gasteiger partial charge in [0.25, 0.3) is 0 Å². The Labute approximate surface area is 104 Å². The number of rotatable bonds is 4. The molecule has 2 aromatic carbocycles. The normalized spacial score (nSPS) is 12.4. The molecule has 1 atom stereocenters. The van der Waals surface area contributed by atoms with E-state index in [4.69, 9.17) is 0 Å². The molecule has 0 saturated heterocycles. The van der Waals surface area contributed by atoms with Crippen molar-refractivity contribution in [1.29, 1.82) is 0 Å². The van der Waals surface area contributed by atoms with E-state index in [1.54, 1.807) is 0 Å². The van der Waals surface area contributed by atoms with Crippen LogP contribution in [0.1, 0.15) is 36.0 Å². The third-order valence-electron chi connectivity index (χ3n) is 3.45. The van der Waals surface area contributed by atoms with Crippen LogP contribution in [0.4, 0.5) is 0 Å². The molecule has 0 amide bonds. The van der Waals surface area contributed by atoms with Gasteiger partial charge in [-0.25, -0.2) is 0 Å². The van der Waals surface area contributed by atoms with Gasteiger partial charge in [-0.2, -0.15) is 0 Å². The zero-order valence-corrected chi connectivity index (χ0v) is 10.7. The molecule has 0 aromatic heterocycles. The summed E-state index contributed by atoms with van der Waals surface area (Å²) in [4.78, 5) is 0. The molecule has 0 N–H and O–H groups in total. The van der Waals surface area contributed by atoms with E-state index in [-0.39, 0.29) is 0 Å². The highest BCUT2D eigenvalue weighted by atomic mass is 14.2. The van der Waals surface area contributed by atoms with Crippen LogP contribution in [0.5, 0.6) is 0 Å². The minimum atomic E-state index is 0.638. The van der Waals surface area contributed by atoms with Crippen molar-refractivity contribution >= 4 is 0 Å². The van der Waals surface area contributed by atoms with Gasteiger partial charge < -0.3 is 0 Å². The Hall–Kier alpha value is -1.56. The maximum absolute atomic E-state index is 2.28. The first-order valence-corrected chi connectivity index (χ1v) is 6.40. The van der Waals surface area contributed by atoms with Crippen LogP contribution >= 0.6 is 0 Å². The second kappa shape index (κ2) is 5.67. The largest absolute Gasteiger partial charge is 0.0648 e. The van der Waals surface area contributed by atoms with Crippen molar-refractivity contribution in [3.63, 3.8) is 0 Å². The van der Waals surface area contributed by atoms with E-state index < -0.39 is 0 Å². The predicted molar refractivity (Wildman–Crippen MR) is 74.4 cm³/mol. The monoisotopic (exact) mass is 224 g/mol. The Morgan fingerprint density at radius 2 is 1.53 bits per heavy atom. The molecule has 0 fully saturated rings. The number of benzene rings is 2. The van der Waals surface area contributed by atoms with Crippen LogP contribution in [0.25, 0.3) is 0 Å². The van der Waals surface area contributed by atoms with Crippen molar-refractivity contribution in [2.75, 3.05) is 0 Å². The van der Waals surface area contributed by atoms with Gasteiger partial charge in [0.2, 0.25) is 0 Å². The highest BCUT2D eigenvalue weighted by Crippen LogP contribution is 2.26. The lowest BCUT2D eigenvalue weighted by Gasteiger charge is -2.17. The first-order chi connectivity index (χ1) is 8.31. The standard InChI is InChI=1S/C17H20/c1-3-16(13-15-10-5-4-6-11-15)17-12-8-7-9-14(17)2/h4-12,16H,3,13H2,1-2H3. The molecule has 2 aromatic rings. The summed E-state index contributed by atoms with van der Waals surface area (Å²) >= 11 is 0. The molecule has 0 aliphatic heterocycles. The first kappa shape index (κ1) is 11.9. The molecule has 0 bridgehead atoms. The molecule has 2 rings (SSSR count). The fraction of sp³-hybridized carbons (Fsp3) is 0.294. The van der Waals surface area contributed by atoms with Gasteiger partial charge in [0, 0.05) is 0 Å². The minimum Gasteiger partial charge on any atom is -0.0648 e. The highest BCUT2D eigenvalue weighted by Gasteiger charge is 2.11. The summed E-state index contributed by atoms with van der Waals surface area (Å²) in [7, 11) is 0. The third kappa shape index (κ3) is 2.97. The molecule has 0 aliphatic rings. The molecule has 88 valence electrons. The van der Waals surface area contributed by atoms with Gasteiger partial charge in [-0.1, -0.05) is 61.5 Å². The van der Waals surface area contributed by atoms with Crippen LogP contribution in [0.15, 0.2) is 54.6 Å². The summed E-state index contributed by atoms with van der Waals surface area (Å²) in [5.41, 5.74) is 4.34. The molecule has 0 heteroatoms. The molecule has 0 heterocycles. The van der Waals surface area contributed by atoms with Gasteiger partial charge in [-0.05, 0) is 42.4 Å². The SMILES string of the molecule is CCC(Cc1ccccc1)c1ccccc1C. The smallest absolute Gasteiger partial charge is 0.0121 e. The van der Waals surface area contributed by atoms with E-state index in [0.717, 1.165) is 6.42 Å². The molecule has 0 saturated carbocycles. The molecular formula is C17H20. The van der Waals surface area contributed by atoms with Crippen LogP contribution in [-0.2, 0) is 6.42 Å². The van der Waals surface area contributed by atoms with Crippen LogP contribution in [0.3, 0.4) is 0 Å². The summed E-state index contributed by atoms with van der Waals surface area (Å²) in [6.45, 7) is 4.49. The lowest BCUT2D eigenvalue weighted by Crippen LogP contribution is -2.03. The average Bonchev–Trinajstić information content (AvgIpc) is 2.38. The van der Waals surface area contributed by atoms with E-state index in [1.165, 1.54) is 23.1 Å². The number of aryl methyl sites for hydroxylation is 1. The molecule has 17 heavy (non-hydrogen) atoms. The summed E-state index contributed by atoms with van der Waals surface area (Å²) in [6, 6.07) is 19.5. The van der Waals surface area contributed by atoms with E-state index in [2.05, 4.69) is 68.4 Å². The second-order valence-corrected chi connectivity index (χ2v) is 4.65. The quantitative estimate of drug-likeness (QED) is 0.704. The van der Waals surface area contributed by atoms with Crippen molar-refractivity contribution in [2.45, 2.75) is 32.6 Å². The van der Waals surface area contributed by atoms with Crippen LogP contribution in [0.2, 0.25) is 0 Å². The van der Waals surface area contributed by atoms with Crippen molar-refractivity contribution in [1.82, 2.24) is 0 Å². The van der Waals surface area contributed by atoms with E-state index in [0.29, 0.717) is 5.92 Å². The van der Waals surface area contributed by atoms with E-state index in [1.807, 2.05) is 0 Å². The Morgan fingerprint density at radius 3 is 2.18 bits per heavy atom. The van der Waals surface area contributed by atoms with Crippen molar-refractivity contribution in [3.05, 3.63) is 71.3 Å². The summed E-state index contributed by atoms with van der Waals surface area (Å²) in [5.74, 6) is 0.638. The third-order valence-corrected chi connectivity index (χ3v) is 3.45. The Balaban J connectivity index is 2.21. The Kier molecular flexibility index (Phi) is 3.98. The Bertz CT molecular complexity index is 456. The first-order valence-electron chi connectivity index (χ1n) is 6.40. The second-order valence-electron chi connectivity index (χ2n) is 4.65. The lowest BCUT2D eigenvalue weighted by atomic mass is 9.87. The zero-order chi connectivity index (χ0) is 12.1. The van der Waals surface area contributed by atoms with E-state index in [9.17, 15) is 0 Å². The van der Waals surface area contributed by atoms with E-state index >= 15 is 0 Å². The average molecular weight is 224 g/mol. The van der Waals surface area contributed by atoms with Gasteiger partial charge in [0.15, 0.2) is 0 Å². The van der Waals surface area contributed by atoms with Gasteiger partial charge in [-0.3, -0.25) is 0 Å². The maximum atomic E-state index is 2.28. The fourth-order valence-corrected chi connectivity index (χ4v) is 2.42. The zero-order valence-electron chi connectivity index (χ0n) is 10.7. The van der Waals surface area contributed by atoms with Crippen molar-refractivity contribution < 1.29 is 0 Å². The summed E-state index contributed by atoms with van der Waals surface area (Å²) < 4.78 is 0. The van der Waals surface area contributed by atoms with Crippen LogP contribution in [-0.4, -0.2) is 0 Å². The van der Waals surface area contributed by atoms with Crippen molar-refractivity contribution in [3.8, 4) is 0 Å². The fourth-order valence-electron chi connectivity index (χ4n) is 2.42. The van der Waals surface area contributed by atoms with Gasteiger partial charge in [-0.15, -0.1) is 0 Å². The lowest BCUT2D eigenvalue weighted by molar-refractivity contribution is 0.656. The van der Waals surface area contributed by atoms with Gasteiger partial charge in [0.1, 0.15) is 0 Å². The summed E-state index contributed by atoms with van der Waals surface area (Å²) in [5, 5.41) is 0. The molecule has 0 aliphatic carbocycles. The molecular weight excluding hydrogens is 204 g/mol. The highest BCUT2D eigenvalue weighted by molar-refractivity contribution is 5.31. The van der Waals surface area contributed by atoms with Gasteiger partial charge in [0.05, 0.1) is 0 Å². The van der Waals surface area contributed by atoms with Crippen LogP contribution < -0.4 is 0 Å².